The molecule has 3 saturated carbocycles. The lowest BCUT2D eigenvalue weighted by molar-refractivity contribution is -0.140. The van der Waals surface area contributed by atoms with Crippen LogP contribution in [0, 0.1) is 17.8 Å². The highest BCUT2D eigenvalue weighted by atomic mass is 32.2. The minimum absolute atomic E-state index is 0.164. The smallest absolute Gasteiger partial charge is 0.316 e. The quantitative estimate of drug-likeness (QED) is 0.430. The molecule has 2 N–H and O–H groups in total. The van der Waals surface area contributed by atoms with Gasteiger partial charge in [-0.25, -0.2) is 8.42 Å². The fraction of sp³-hybridized carbons (Fsp3) is 0.545. The van der Waals surface area contributed by atoms with Crippen molar-refractivity contribution in [1.82, 2.24) is 24.9 Å². The van der Waals surface area contributed by atoms with Crippen molar-refractivity contribution >= 4 is 27.7 Å². The van der Waals surface area contributed by atoms with Crippen LogP contribution in [0.4, 0.5) is 0 Å². The van der Waals surface area contributed by atoms with Crippen LogP contribution in [0.2, 0.25) is 0 Å². The van der Waals surface area contributed by atoms with Gasteiger partial charge in [-0.2, -0.15) is 9.97 Å². The number of carbonyl (C=O) groups excluding carboxylic acids is 3. The number of hydrogen-bond acceptors (Lipinski definition) is 9. The van der Waals surface area contributed by atoms with Gasteiger partial charge >= 0.3 is 6.01 Å². The fourth-order valence-electron chi connectivity index (χ4n) is 6.51. The number of aromatic nitrogens is 2. The Hall–Kier alpha value is -4.00. The van der Waals surface area contributed by atoms with E-state index in [1.165, 1.54) is 13.3 Å². The van der Waals surface area contributed by atoms with Crippen LogP contribution in [0.5, 0.6) is 11.8 Å². The average Bonchev–Trinajstić information content (AvgIpc) is 3.92. The maximum Gasteiger partial charge on any atom is 0.316 e. The fourth-order valence-corrected chi connectivity index (χ4v) is 7.82. The van der Waals surface area contributed by atoms with Crippen molar-refractivity contribution in [3.63, 3.8) is 0 Å². The first-order chi connectivity index (χ1) is 22.0. The molecule has 0 radical (unpaired) electrons. The van der Waals surface area contributed by atoms with Gasteiger partial charge in [-0.3, -0.25) is 19.1 Å². The first-order valence-electron chi connectivity index (χ1n) is 15.9. The van der Waals surface area contributed by atoms with Crippen molar-refractivity contribution in [2.24, 2.45) is 17.8 Å². The number of amides is 3. The molecule has 0 spiro atoms. The molecule has 0 bridgehead atoms. The lowest BCUT2D eigenvalue weighted by atomic mass is 9.93. The van der Waals surface area contributed by atoms with Gasteiger partial charge in [0.1, 0.15) is 17.3 Å². The summed E-state index contributed by atoms with van der Waals surface area (Å²) >= 11 is 0. The summed E-state index contributed by atoms with van der Waals surface area (Å²) in [7, 11) is -0.688. The van der Waals surface area contributed by atoms with Crippen LogP contribution >= 0.6 is 0 Å². The van der Waals surface area contributed by atoms with Crippen LogP contribution in [-0.2, 0) is 24.4 Å². The maximum atomic E-state index is 14.1. The Morgan fingerprint density at radius 2 is 1.85 bits per heavy atom. The van der Waals surface area contributed by atoms with Crippen molar-refractivity contribution in [2.45, 2.75) is 74.7 Å². The zero-order valence-electron chi connectivity index (χ0n) is 26.4. The molecule has 6 rings (SSSR count). The predicted molar refractivity (Wildman–Crippen MR) is 169 cm³/mol. The van der Waals surface area contributed by atoms with Gasteiger partial charge in [-0.05, 0) is 58.3 Å². The minimum atomic E-state index is -3.91. The third-order valence-corrected chi connectivity index (χ3v) is 12.0. The standard InChI is InChI=1S/C33H41N5O7S/c1-32(14-15-32)46(42,43)37-30(41)33-19-22(33)13-9-4-5-10-16-38(2)29(40)25-18-23(17-24(25)28(39)36-33)45-26-20-34-31(44-3)35-27(26)21-11-7-6-8-12-21/h6-9,11-13,20,22-25H,4-5,10,14-19H2,1-3H3,(H,36,39)(H,37,41)/b13-9+/t22-,23+,24+,25+,33-/m0/s1. The highest BCUT2D eigenvalue weighted by Gasteiger charge is 2.63. The lowest BCUT2D eigenvalue weighted by Gasteiger charge is -2.27. The minimum Gasteiger partial charge on any atom is -0.486 e. The Bertz CT molecular complexity index is 1640. The number of methoxy groups -OCH3 is 1. The zero-order chi connectivity index (χ0) is 32.7. The number of sulfonamides is 1. The van der Waals surface area contributed by atoms with Crippen molar-refractivity contribution in [2.75, 3.05) is 20.7 Å². The van der Waals surface area contributed by atoms with Gasteiger partial charge in [0.25, 0.3) is 5.91 Å². The normalized spacial score (nSPS) is 29.8. The second-order valence-corrected chi connectivity index (χ2v) is 15.4. The molecule has 2 aromatic rings. The van der Waals surface area contributed by atoms with Crippen molar-refractivity contribution < 1.29 is 32.3 Å². The van der Waals surface area contributed by atoms with E-state index >= 15 is 0 Å². The molecule has 0 saturated heterocycles. The monoisotopic (exact) mass is 651 g/mol. The van der Waals surface area contributed by atoms with E-state index in [0.29, 0.717) is 30.8 Å². The number of benzene rings is 1. The number of allylic oxidation sites excluding steroid dienone is 1. The Labute approximate surface area is 269 Å². The number of nitrogens with one attached hydrogen (secondary N) is 2. The SMILES string of the molecule is COc1ncc(O[C@@H]2C[C@H]3C(=O)N[C@@]4(C(=O)NS(=O)(=O)C5(C)CC5)C[C@@H]4/C=C/CCCCN(C)C(=O)[C@@H]3C2)c(-c2ccccc2)n1. The molecule has 2 heterocycles. The van der Waals surface area contributed by atoms with Crippen LogP contribution in [0.1, 0.15) is 58.3 Å². The largest absolute Gasteiger partial charge is 0.486 e. The summed E-state index contributed by atoms with van der Waals surface area (Å²) in [6.07, 6.45) is 8.97. The van der Waals surface area contributed by atoms with Gasteiger partial charge in [-0.1, -0.05) is 42.5 Å². The highest BCUT2D eigenvalue weighted by Crippen LogP contribution is 2.48. The topological polar surface area (TPSA) is 157 Å². The van der Waals surface area contributed by atoms with E-state index in [1.807, 2.05) is 42.5 Å². The van der Waals surface area contributed by atoms with Crippen molar-refractivity contribution in [1.29, 1.82) is 0 Å². The van der Waals surface area contributed by atoms with E-state index in [9.17, 15) is 22.8 Å². The Balaban J connectivity index is 1.28. The van der Waals surface area contributed by atoms with Crippen LogP contribution < -0.4 is 19.5 Å². The molecule has 13 heteroatoms. The van der Waals surface area contributed by atoms with E-state index in [2.05, 4.69) is 20.0 Å². The van der Waals surface area contributed by atoms with E-state index < -0.39 is 50.1 Å². The van der Waals surface area contributed by atoms with Crippen LogP contribution in [0.15, 0.2) is 48.7 Å². The third-order valence-electron chi connectivity index (χ3n) is 9.88. The number of ether oxygens (including phenoxy) is 2. The Morgan fingerprint density at radius 1 is 1.11 bits per heavy atom. The molecule has 4 aliphatic rings. The first kappa shape index (κ1) is 32.0. The second kappa shape index (κ2) is 12.3. The second-order valence-electron chi connectivity index (χ2n) is 13.2. The van der Waals surface area contributed by atoms with Gasteiger partial charge in [-0.15, -0.1) is 0 Å². The van der Waals surface area contributed by atoms with Crippen LogP contribution in [-0.4, -0.2) is 78.1 Å². The van der Waals surface area contributed by atoms with Gasteiger partial charge < -0.3 is 19.7 Å². The van der Waals surface area contributed by atoms with E-state index in [-0.39, 0.29) is 37.1 Å². The number of carbonyl (C=O) groups is 3. The molecule has 1 aromatic heterocycles. The summed E-state index contributed by atoms with van der Waals surface area (Å²) in [6, 6.07) is 9.62. The van der Waals surface area contributed by atoms with Crippen molar-refractivity contribution in [3.05, 3.63) is 48.7 Å². The summed E-state index contributed by atoms with van der Waals surface area (Å²) in [5, 5.41) is 2.92. The summed E-state index contributed by atoms with van der Waals surface area (Å²) < 4.78 is 38.9. The predicted octanol–water partition coefficient (Wildman–Crippen LogP) is 3.00. The molecule has 1 aliphatic heterocycles. The van der Waals surface area contributed by atoms with Gasteiger partial charge in [0.2, 0.25) is 21.8 Å². The summed E-state index contributed by atoms with van der Waals surface area (Å²) in [5.41, 5.74) is -0.0922. The lowest BCUT2D eigenvalue weighted by Crippen LogP contribution is -2.55. The Morgan fingerprint density at radius 3 is 2.57 bits per heavy atom. The average molecular weight is 652 g/mol. The first-order valence-corrected chi connectivity index (χ1v) is 17.4. The van der Waals surface area contributed by atoms with Gasteiger partial charge in [0.05, 0.1) is 29.9 Å². The van der Waals surface area contributed by atoms with Crippen LogP contribution in [0.3, 0.4) is 0 Å². The number of fused-ring (bicyclic) bond motifs is 2. The summed E-state index contributed by atoms with van der Waals surface area (Å²) in [5.74, 6) is -2.81. The van der Waals surface area contributed by atoms with E-state index in [0.717, 1.165) is 24.8 Å². The molecular formula is C33H41N5O7S. The van der Waals surface area contributed by atoms with Crippen LogP contribution in [0.25, 0.3) is 11.3 Å². The number of hydrogen-bond donors (Lipinski definition) is 2. The molecular weight excluding hydrogens is 610 g/mol. The molecule has 3 amide bonds. The molecule has 46 heavy (non-hydrogen) atoms. The molecule has 12 nitrogen and oxygen atoms in total. The molecule has 3 fully saturated rings. The number of nitrogens with zero attached hydrogens (tertiary/aromatic N) is 3. The number of rotatable bonds is 7. The summed E-state index contributed by atoms with van der Waals surface area (Å²) in [4.78, 5) is 51.9. The Kier molecular flexibility index (Phi) is 8.55. The molecule has 0 unspecified atom stereocenters. The third kappa shape index (κ3) is 6.21. The van der Waals surface area contributed by atoms with Crippen molar-refractivity contribution in [3.8, 4) is 23.0 Å². The summed E-state index contributed by atoms with van der Waals surface area (Å²) in [6.45, 7) is 2.17. The molecule has 3 aliphatic carbocycles. The van der Waals surface area contributed by atoms with E-state index in [1.54, 1.807) is 18.9 Å². The van der Waals surface area contributed by atoms with Gasteiger partial charge in [0, 0.05) is 25.1 Å². The zero-order valence-corrected chi connectivity index (χ0v) is 27.2. The maximum absolute atomic E-state index is 14.1. The highest BCUT2D eigenvalue weighted by molar-refractivity contribution is 7.91. The molecule has 1 aromatic carbocycles. The molecule has 246 valence electrons. The van der Waals surface area contributed by atoms with E-state index in [4.69, 9.17) is 9.47 Å². The molecule has 5 atom stereocenters. The van der Waals surface area contributed by atoms with Gasteiger partial charge in [0.15, 0.2) is 5.75 Å².